The summed E-state index contributed by atoms with van der Waals surface area (Å²) < 4.78 is 19.4. The van der Waals surface area contributed by atoms with Crippen molar-refractivity contribution in [1.82, 2.24) is 5.32 Å². The number of carbonyl (C=O) groups excluding carboxylic acids is 1. The van der Waals surface area contributed by atoms with Crippen LogP contribution in [0.1, 0.15) is 18.5 Å². The fourth-order valence-corrected chi connectivity index (χ4v) is 1.86. The Morgan fingerprint density at radius 1 is 1.61 bits per heavy atom. The highest BCUT2D eigenvalue weighted by molar-refractivity contribution is 9.10. The van der Waals surface area contributed by atoms with Crippen LogP contribution in [0.15, 0.2) is 22.7 Å². The summed E-state index contributed by atoms with van der Waals surface area (Å²) in [5.74, 6) is -0.752. The number of amides is 1. The molecule has 6 heteroatoms. The molecular weight excluding hydrogens is 303 g/mol. The molecule has 0 radical (unpaired) electrons. The van der Waals surface area contributed by atoms with Gasteiger partial charge in [0, 0.05) is 22.6 Å². The predicted octanol–water partition coefficient (Wildman–Crippen LogP) is 1.74. The number of nitrogens with two attached hydrogens (primary N) is 1. The first kappa shape index (κ1) is 15.1. The summed E-state index contributed by atoms with van der Waals surface area (Å²) in [6, 6.07) is 4.67. The maximum atomic E-state index is 13.5. The van der Waals surface area contributed by atoms with Crippen molar-refractivity contribution in [2.75, 3.05) is 19.8 Å². The van der Waals surface area contributed by atoms with Gasteiger partial charge in [0.15, 0.2) is 0 Å². The first-order valence-corrected chi connectivity index (χ1v) is 6.34. The normalized spacial score (nSPS) is 12.4. The Hall–Kier alpha value is -0.980. The van der Waals surface area contributed by atoms with E-state index in [1.807, 2.05) is 6.92 Å². The average molecular weight is 319 g/mol. The Morgan fingerprint density at radius 3 is 3.00 bits per heavy atom. The van der Waals surface area contributed by atoms with Crippen molar-refractivity contribution in [2.24, 2.45) is 5.73 Å². The number of halogens is 2. The molecule has 0 aliphatic carbocycles. The molecule has 100 valence electrons. The highest BCUT2D eigenvalue weighted by Crippen LogP contribution is 2.21. The molecule has 0 aliphatic heterocycles. The molecule has 1 rings (SSSR count). The van der Waals surface area contributed by atoms with Gasteiger partial charge in [-0.1, -0.05) is 15.9 Å². The van der Waals surface area contributed by atoms with Crippen LogP contribution in [0.5, 0.6) is 0 Å². The molecule has 0 fully saturated rings. The number of nitrogens with one attached hydrogen (secondary N) is 1. The number of primary amides is 1. The number of rotatable bonds is 7. The number of benzene rings is 1. The fraction of sp³-hybridized carbons (Fsp3) is 0.417. The second-order valence-electron chi connectivity index (χ2n) is 3.86. The molecule has 0 heterocycles. The van der Waals surface area contributed by atoms with Gasteiger partial charge in [-0.3, -0.25) is 4.79 Å². The van der Waals surface area contributed by atoms with Crippen molar-refractivity contribution >= 4 is 21.8 Å². The lowest BCUT2D eigenvalue weighted by molar-refractivity contribution is -0.122. The van der Waals surface area contributed by atoms with E-state index in [2.05, 4.69) is 21.2 Å². The van der Waals surface area contributed by atoms with Gasteiger partial charge in [0.05, 0.1) is 6.61 Å². The van der Waals surface area contributed by atoms with Crippen molar-refractivity contribution in [3.8, 4) is 0 Å². The quantitative estimate of drug-likeness (QED) is 0.753. The monoisotopic (exact) mass is 318 g/mol. The molecule has 0 bridgehead atoms. The van der Waals surface area contributed by atoms with Crippen LogP contribution < -0.4 is 11.1 Å². The van der Waals surface area contributed by atoms with Crippen LogP contribution in [0.4, 0.5) is 4.39 Å². The first-order valence-electron chi connectivity index (χ1n) is 5.55. The van der Waals surface area contributed by atoms with Crippen LogP contribution in [-0.4, -0.2) is 25.7 Å². The van der Waals surface area contributed by atoms with Crippen LogP contribution >= 0.6 is 15.9 Å². The molecule has 0 saturated carbocycles. The molecule has 4 nitrogen and oxygen atoms in total. The van der Waals surface area contributed by atoms with Crippen LogP contribution in [-0.2, 0) is 9.53 Å². The number of carbonyl (C=O) groups is 1. The van der Waals surface area contributed by atoms with Gasteiger partial charge in [-0.2, -0.15) is 0 Å². The minimum Gasteiger partial charge on any atom is -0.370 e. The standard InChI is InChI=1S/C12H16BrFN2O2/c1-8(16-4-5-18-7-12(15)17)10-6-9(13)2-3-11(10)14/h2-3,6,8,16H,4-5,7H2,1H3,(H2,15,17). The number of hydrogen-bond acceptors (Lipinski definition) is 3. The van der Waals surface area contributed by atoms with Gasteiger partial charge in [-0.05, 0) is 25.1 Å². The maximum Gasteiger partial charge on any atom is 0.243 e. The molecule has 0 spiro atoms. The van der Waals surface area contributed by atoms with E-state index in [1.54, 1.807) is 12.1 Å². The van der Waals surface area contributed by atoms with Crippen LogP contribution in [0.2, 0.25) is 0 Å². The van der Waals surface area contributed by atoms with Crippen molar-refractivity contribution in [2.45, 2.75) is 13.0 Å². The third kappa shape index (κ3) is 5.12. The fourth-order valence-electron chi connectivity index (χ4n) is 1.48. The molecule has 3 N–H and O–H groups in total. The summed E-state index contributed by atoms with van der Waals surface area (Å²) in [6.45, 7) is 2.63. The second-order valence-corrected chi connectivity index (χ2v) is 4.78. The molecule has 1 aromatic rings. The van der Waals surface area contributed by atoms with Crippen molar-refractivity contribution in [3.05, 3.63) is 34.1 Å². The predicted molar refractivity (Wildman–Crippen MR) is 70.5 cm³/mol. The van der Waals surface area contributed by atoms with Gasteiger partial charge in [-0.25, -0.2) is 4.39 Å². The average Bonchev–Trinajstić information content (AvgIpc) is 2.31. The molecule has 0 aromatic heterocycles. The molecule has 1 atom stereocenters. The summed E-state index contributed by atoms with van der Waals surface area (Å²) in [6.07, 6.45) is 0. The zero-order chi connectivity index (χ0) is 13.5. The molecule has 1 amide bonds. The van der Waals surface area contributed by atoms with E-state index in [0.717, 1.165) is 4.47 Å². The van der Waals surface area contributed by atoms with E-state index >= 15 is 0 Å². The lowest BCUT2D eigenvalue weighted by Gasteiger charge is -2.15. The van der Waals surface area contributed by atoms with Crippen LogP contribution in [0.25, 0.3) is 0 Å². The van der Waals surface area contributed by atoms with E-state index in [1.165, 1.54) is 6.07 Å². The lowest BCUT2D eigenvalue weighted by Crippen LogP contribution is -2.26. The van der Waals surface area contributed by atoms with Gasteiger partial charge in [0.2, 0.25) is 5.91 Å². The number of ether oxygens (including phenoxy) is 1. The molecule has 0 aliphatic rings. The minimum absolute atomic E-state index is 0.0959. The molecular formula is C12H16BrFN2O2. The molecule has 18 heavy (non-hydrogen) atoms. The first-order chi connectivity index (χ1) is 8.50. The van der Waals surface area contributed by atoms with Gasteiger partial charge in [-0.15, -0.1) is 0 Å². The van der Waals surface area contributed by atoms with E-state index in [9.17, 15) is 9.18 Å². The summed E-state index contributed by atoms with van der Waals surface area (Å²) in [5.41, 5.74) is 5.51. The Labute approximate surface area is 114 Å². The highest BCUT2D eigenvalue weighted by atomic mass is 79.9. The molecule has 1 unspecified atom stereocenters. The van der Waals surface area contributed by atoms with Crippen molar-refractivity contribution in [1.29, 1.82) is 0 Å². The zero-order valence-electron chi connectivity index (χ0n) is 10.1. The smallest absolute Gasteiger partial charge is 0.243 e. The Kier molecular flexibility index (Phi) is 6.24. The second kappa shape index (κ2) is 7.45. The summed E-state index contributed by atoms with van der Waals surface area (Å²) >= 11 is 3.30. The largest absolute Gasteiger partial charge is 0.370 e. The highest BCUT2D eigenvalue weighted by Gasteiger charge is 2.10. The van der Waals surface area contributed by atoms with Gasteiger partial charge < -0.3 is 15.8 Å². The van der Waals surface area contributed by atoms with Crippen LogP contribution in [0, 0.1) is 5.82 Å². The van der Waals surface area contributed by atoms with E-state index < -0.39 is 5.91 Å². The van der Waals surface area contributed by atoms with E-state index in [0.29, 0.717) is 18.7 Å². The summed E-state index contributed by atoms with van der Waals surface area (Å²) in [5, 5.41) is 3.10. The molecule has 1 aromatic carbocycles. The van der Waals surface area contributed by atoms with Gasteiger partial charge in [0.25, 0.3) is 0 Å². The van der Waals surface area contributed by atoms with Crippen molar-refractivity contribution in [3.63, 3.8) is 0 Å². The molecule has 0 saturated heterocycles. The maximum absolute atomic E-state index is 13.5. The Balaban J connectivity index is 2.38. The lowest BCUT2D eigenvalue weighted by atomic mass is 10.1. The summed E-state index contributed by atoms with van der Waals surface area (Å²) in [4.78, 5) is 10.4. The third-order valence-corrected chi connectivity index (χ3v) is 2.86. The summed E-state index contributed by atoms with van der Waals surface area (Å²) in [7, 11) is 0. The van der Waals surface area contributed by atoms with E-state index in [-0.39, 0.29) is 18.5 Å². The SMILES string of the molecule is CC(NCCOCC(N)=O)c1cc(Br)ccc1F. The topological polar surface area (TPSA) is 64.3 Å². The van der Waals surface area contributed by atoms with Crippen LogP contribution in [0.3, 0.4) is 0 Å². The van der Waals surface area contributed by atoms with Crippen molar-refractivity contribution < 1.29 is 13.9 Å². The van der Waals surface area contributed by atoms with E-state index in [4.69, 9.17) is 10.5 Å². The van der Waals surface area contributed by atoms with Gasteiger partial charge in [0.1, 0.15) is 12.4 Å². The Bertz CT molecular complexity index is 415. The zero-order valence-corrected chi connectivity index (χ0v) is 11.7. The Morgan fingerprint density at radius 2 is 2.33 bits per heavy atom. The van der Waals surface area contributed by atoms with Gasteiger partial charge >= 0.3 is 0 Å². The number of hydrogen-bond donors (Lipinski definition) is 2. The minimum atomic E-state index is -0.499. The third-order valence-electron chi connectivity index (χ3n) is 2.37.